The molecule has 1 unspecified atom stereocenters. The van der Waals surface area contributed by atoms with Gasteiger partial charge in [0, 0.05) is 36.8 Å². The van der Waals surface area contributed by atoms with Crippen LogP contribution in [0.2, 0.25) is 0 Å². The van der Waals surface area contributed by atoms with Crippen LogP contribution < -0.4 is 4.90 Å². The number of benzene rings is 2. The van der Waals surface area contributed by atoms with Crippen molar-refractivity contribution in [3.05, 3.63) is 54.1 Å². The highest BCUT2D eigenvalue weighted by Crippen LogP contribution is 2.39. The third-order valence-electron chi connectivity index (χ3n) is 7.84. The Labute approximate surface area is 231 Å². The summed E-state index contributed by atoms with van der Waals surface area (Å²) in [6, 6.07) is 12.3. The van der Waals surface area contributed by atoms with Gasteiger partial charge in [-0.25, -0.2) is 8.42 Å². The number of anilines is 1. The smallest absolute Gasteiger partial charge is 0.378 e. The Morgan fingerprint density at radius 2 is 1.59 bits per heavy atom. The Kier molecular flexibility index (Phi) is 7.96. The molecule has 3 aliphatic heterocycles. The molecule has 2 aromatic carbocycles. The van der Waals surface area contributed by atoms with Gasteiger partial charge in [-0.1, -0.05) is 24.3 Å². The summed E-state index contributed by atoms with van der Waals surface area (Å²) in [5, 5.41) is 10.1. The standard InChI is InChI=1S/C26H32F3N3O5S2/c1-25(33,26(27,28)29)18-6-8-19(9-7-18)31-11-10-30(39(34,35)24-5-3-2-4-23(24)38)12-20(31)13-32(21-14-36-15-21)22-16-37-17-22/h2-9,20-22,33,38H,10-17H2,1H3/t20-,25?/m1/s1. The average Bonchev–Trinajstić information content (AvgIpc) is 2.81. The van der Waals surface area contributed by atoms with Gasteiger partial charge in [-0.05, 0) is 36.8 Å². The molecule has 39 heavy (non-hydrogen) atoms. The fourth-order valence-electron chi connectivity index (χ4n) is 5.17. The molecule has 0 aliphatic carbocycles. The Morgan fingerprint density at radius 1 is 1.00 bits per heavy atom. The average molecular weight is 588 g/mol. The van der Waals surface area contributed by atoms with Crippen LogP contribution in [0.3, 0.4) is 0 Å². The van der Waals surface area contributed by atoms with Crippen molar-refractivity contribution >= 4 is 28.3 Å². The number of halogens is 3. The Balaban J connectivity index is 1.44. The SMILES string of the molecule is CC(O)(c1ccc(N2CCN(S(=O)(=O)c3ccccc3S)C[C@@H]2CN(C2COC2)C2COC2)cc1)C(F)(F)F. The summed E-state index contributed by atoms with van der Waals surface area (Å²) in [4.78, 5) is 4.84. The van der Waals surface area contributed by atoms with Crippen LogP contribution in [0.25, 0.3) is 0 Å². The van der Waals surface area contributed by atoms with Crippen molar-refractivity contribution in [1.29, 1.82) is 0 Å². The summed E-state index contributed by atoms with van der Waals surface area (Å²) in [6.07, 6.45) is -4.82. The van der Waals surface area contributed by atoms with Crippen molar-refractivity contribution in [3.63, 3.8) is 0 Å². The molecule has 2 aromatic rings. The van der Waals surface area contributed by atoms with Crippen LogP contribution in [-0.2, 0) is 25.1 Å². The minimum Gasteiger partial charge on any atom is -0.378 e. The highest BCUT2D eigenvalue weighted by molar-refractivity contribution is 7.90. The Morgan fingerprint density at radius 3 is 2.10 bits per heavy atom. The molecule has 0 radical (unpaired) electrons. The van der Waals surface area contributed by atoms with Crippen molar-refractivity contribution in [2.45, 2.75) is 46.6 Å². The monoisotopic (exact) mass is 587 g/mol. The van der Waals surface area contributed by atoms with E-state index < -0.39 is 21.8 Å². The first-order valence-electron chi connectivity index (χ1n) is 12.8. The number of sulfonamides is 1. The number of hydrogen-bond donors (Lipinski definition) is 2. The highest BCUT2D eigenvalue weighted by atomic mass is 32.2. The van der Waals surface area contributed by atoms with Gasteiger partial charge in [0.15, 0.2) is 5.60 Å². The summed E-state index contributed by atoms with van der Waals surface area (Å²) in [5.74, 6) is 0. The zero-order chi connectivity index (χ0) is 28.0. The van der Waals surface area contributed by atoms with Crippen molar-refractivity contribution in [3.8, 4) is 0 Å². The number of piperazine rings is 1. The molecular weight excluding hydrogens is 555 g/mol. The molecule has 2 atom stereocenters. The number of hydrogen-bond acceptors (Lipinski definition) is 8. The minimum absolute atomic E-state index is 0.135. The molecule has 0 saturated carbocycles. The molecular formula is C26H32F3N3O5S2. The third kappa shape index (κ3) is 5.54. The first-order valence-corrected chi connectivity index (χ1v) is 14.6. The van der Waals surface area contributed by atoms with Crippen LogP contribution in [0.5, 0.6) is 0 Å². The zero-order valence-electron chi connectivity index (χ0n) is 21.4. The van der Waals surface area contributed by atoms with Gasteiger partial charge < -0.3 is 19.5 Å². The molecule has 3 heterocycles. The number of aliphatic hydroxyl groups is 1. The van der Waals surface area contributed by atoms with E-state index in [0.29, 0.717) is 50.1 Å². The van der Waals surface area contributed by atoms with Gasteiger partial charge >= 0.3 is 6.18 Å². The molecule has 1 N–H and O–H groups in total. The van der Waals surface area contributed by atoms with E-state index in [0.717, 1.165) is 6.92 Å². The third-order valence-corrected chi connectivity index (χ3v) is 10.3. The van der Waals surface area contributed by atoms with Gasteiger partial charge in [0.1, 0.15) is 0 Å². The second kappa shape index (κ2) is 10.8. The van der Waals surface area contributed by atoms with Crippen molar-refractivity contribution in [2.24, 2.45) is 0 Å². The molecule has 3 fully saturated rings. The van der Waals surface area contributed by atoms with E-state index in [4.69, 9.17) is 9.47 Å². The van der Waals surface area contributed by atoms with Gasteiger partial charge in [0.2, 0.25) is 10.0 Å². The fraction of sp³-hybridized carbons (Fsp3) is 0.538. The van der Waals surface area contributed by atoms with Crippen molar-refractivity contribution in [1.82, 2.24) is 9.21 Å². The zero-order valence-corrected chi connectivity index (χ0v) is 23.1. The molecule has 0 spiro atoms. The quantitative estimate of drug-likeness (QED) is 0.460. The molecule has 3 aliphatic rings. The molecule has 0 aromatic heterocycles. The van der Waals surface area contributed by atoms with Crippen LogP contribution in [-0.4, -0.2) is 99.6 Å². The lowest BCUT2D eigenvalue weighted by Crippen LogP contribution is -2.65. The number of alkyl halides is 3. The van der Waals surface area contributed by atoms with Gasteiger partial charge in [-0.2, -0.15) is 17.5 Å². The summed E-state index contributed by atoms with van der Waals surface area (Å²) in [6.45, 7) is 4.31. The lowest BCUT2D eigenvalue weighted by Gasteiger charge is -2.50. The Hall–Kier alpha value is -1.87. The fourth-order valence-corrected chi connectivity index (χ4v) is 7.22. The van der Waals surface area contributed by atoms with E-state index in [1.165, 1.54) is 22.5 Å². The van der Waals surface area contributed by atoms with Crippen LogP contribution in [0.4, 0.5) is 18.9 Å². The number of thiol groups is 1. The van der Waals surface area contributed by atoms with E-state index in [2.05, 4.69) is 17.5 Å². The Bertz CT molecular complexity index is 1250. The largest absolute Gasteiger partial charge is 0.421 e. The second-order valence-electron chi connectivity index (χ2n) is 10.4. The van der Waals surface area contributed by atoms with Crippen molar-refractivity contribution < 1.29 is 36.2 Å². The lowest BCUT2D eigenvalue weighted by atomic mass is 9.95. The predicted molar refractivity (Wildman–Crippen MR) is 142 cm³/mol. The molecule has 214 valence electrons. The van der Waals surface area contributed by atoms with E-state index in [1.807, 2.05) is 4.90 Å². The van der Waals surface area contributed by atoms with Crippen LogP contribution in [0, 0.1) is 0 Å². The number of nitrogens with zero attached hydrogens (tertiary/aromatic N) is 3. The first kappa shape index (κ1) is 28.7. The van der Waals surface area contributed by atoms with E-state index >= 15 is 0 Å². The number of rotatable bonds is 8. The summed E-state index contributed by atoms with van der Waals surface area (Å²) in [5.41, 5.74) is -2.59. The molecule has 8 nitrogen and oxygen atoms in total. The van der Waals surface area contributed by atoms with E-state index in [-0.39, 0.29) is 41.7 Å². The van der Waals surface area contributed by atoms with Crippen molar-refractivity contribution in [2.75, 3.05) is 57.5 Å². The van der Waals surface area contributed by atoms with Gasteiger partial charge in [0.05, 0.1) is 49.4 Å². The maximum absolute atomic E-state index is 13.6. The van der Waals surface area contributed by atoms with E-state index in [9.17, 15) is 26.7 Å². The molecule has 0 bridgehead atoms. The molecule has 0 amide bonds. The predicted octanol–water partition coefficient (Wildman–Crippen LogP) is 2.72. The topological polar surface area (TPSA) is 82.6 Å². The maximum atomic E-state index is 13.6. The molecule has 3 saturated heterocycles. The van der Waals surface area contributed by atoms with Gasteiger partial charge in [0.25, 0.3) is 0 Å². The first-order chi connectivity index (χ1) is 18.4. The van der Waals surface area contributed by atoms with Crippen LogP contribution in [0.15, 0.2) is 58.3 Å². The molecule has 13 heteroatoms. The van der Waals surface area contributed by atoms with Gasteiger partial charge in [-0.15, -0.1) is 12.6 Å². The van der Waals surface area contributed by atoms with Gasteiger partial charge in [-0.3, -0.25) is 4.90 Å². The highest BCUT2D eigenvalue weighted by Gasteiger charge is 2.51. The number of ether oxygens (including phenoxy) is 2. The maximum Gasteiger partial charge on any atom is 0.421 e. The van der Waals surface area contributed by atoms with Crippen LogP contribution in [0.1, 0.15) is 12.5 Å². The summed E-state index contributed by atoms with van der Waals surface area (Å²) in [7, 11) is -3.83. The van der Waals surface area contributed by atoms with Crippen LogP contribution >= 0.6 is 12.6 Å². The normalized spacial score (nSPS) is 23.4. The lowest BCUT2D eigenvalue weighted by molar-refractivity contribution is -0.258. The molecule has 5 rings (SSSR count). The summed E-state index contributed by atoms with van der Waals surface area (Å²) < 4.78 is 79.7. The van der Waals surface area contributed by atoms with E-state index in [1.54, 1.807) is 30.3 Å². The summed E-state index contributed by atoms with van der Waals surface area (Å²) >= 11 is 4.36. The minimum atomic E-state index is -4.82. The second-order valence-corrected chi connectivity index (χ2v) is 12.8.